The van der Waals surface area contributed by atoms with E-state index in [1.807, 2.05) is 0 Å². The molecule has 0 atom stereocenters. The SMILES string of the molecule is CC(C)C1CCC(CN)(OC2CCCC2)CC1. The van der Waals surface area contributed by atoms with Gasteiger partial charge in [0, 0.05) is 6.54 Å². The molecule has 0 radical (unpaired) electrons. The van der Waals surface area contributed by atoms with Gasteiger partial charge >= 0.3 is 0 Å². The average molecular weight is 239 g/mol. The molecule has 2 heteroatoms. The maximum absolute atomic E-state index is 6.39. The number of ether oxygens (including phenoxy) is 1. The standard InChI is InChI=1S/C15H29NO/c1-12(2)13-7-9-15(11-16,10-8-13)17-14-5-3-4-6-14/h12-14H,3-11,16H2,1-2H3. The third-order valence-corrected chi connectivity index (χ3v) is 4.98. The number of rotatable bonds is 4. The fourth-order valence-electron chi connectivity index (χ4n) is 3.56. The summed E-state index contributed by atoms with van der Waals surface area (Å²) in [5.41, 5.74) is 6.04. The van der Waals surface area contributed by atoms with Crippen LogP contribution in [0.1, 0.15) is 65.2 Å². The summed E-state index contributed by atoms with van der Waals surface area (Å²) in [5, 5.41) is 0. The van der Waals surface area contributed by atoms with Crippen LogP contribution in [0.15, 0.2) is 0 Å². The summed E-state index contributed by atoms with van der Waals surface area (Å²) in [7, 11) is 0. The van der Waals surface area contributed by atoms with Gasteiger partial charge in [0.1, 0.15) is 0 Å². The third kappa shape index (κ3) is 3.23. The van der Waals surface area contributed by atoms with Gasteiger partial charge in [0.2, 0.25) is 0 Å². The van der Waals surface area contributed by atoms with E-state index < -0.39 is 0 Å². The highest BCUT2D eigenvalue weighted by Gasteiger charge is 2.38. The Kier molecular flexibility index (Phi) is 4.48. The van der Waals surface area contributed by atoms with Crippen LogP contribution >= 0.6 is 0 Å². The molecule has 100 valence electrons. The smallest absolute Gasteiger partial charge is 0.0808 e. The molecule has 0 spiro atoms. The fraction of sp³-hybridized carbons (Fsp3) is 1.00. The largest absolute Gasteiger partial charge is 0.370 e. The summed E-state index contributed by atoms with van der Waals surface area (Å²) >= 11 is 0. The highest BCUT2D eigenvalue weighted by molar-refractivity contribution is 4.90. The lowest BCUT2D eigenvalue weighted by molar-refractivity contribution is -0.113. The first-order valence-corrected chi connectivity index (χ1v) is 7.53. The topological polar surface area (TPSA) is 35.2 Å². The first-order valence-electron chi connectivity index (χ1n) is 7.53. The van der Waals surface area contributed by atoms with Gasteiger partial charge in [-0.15, -0.1) is 0 Å². The molecule has 0 bridgehead atoms. The summed E-state index contributed by atoms with van der Waals surface area (Å²) in [4.78, 5) is 0. The zero-order chi connectivity index (χ0) is 12.3. The molecule has 0 aromatic heterocycles. The summed E-state index contributed by atoms with van der Waals surface area (Å²) in [6, 6.07) is 0. The van der Waals surface area contributed by atoms with E-state index in [9.17, 15) is 0 Å². The van der Waals surface area contributed by atoms with Gasteiger partial charge in [-0.1, -0.05) is 26.7 Å². The van der Waals surface area contributed by atoms with Crippen molar-refractivity contribution in [1.82, 2.24) is 0 Å². The number of nitrogens with two attached hydrogens (primary N) is 1. The van der Waals surface area contributed by atoms with Crippen LogP contribution in [0.4, 0.5) is 0 Å². The molecular weight excluding hydrogens is 210 g/mol. The second-order valence-electron chi connectivity index (χ2n) is 6.49. The number of hydrogen-bond acceptors (Lipinski definition) is 2. The van der Waals surface area contributed by atoms with Crippen LogP contribution in [0.25, 0.3) is 0 Å². The van der Waals surface area contributed by atoms with Crippen molar-refractivity contribution >= 4 is 0 Å². The first-order chi connectivity index (χ1) is 8.15. The summed E-state index contributed by atoms with van der Waals surface area (Å²) in [6.45, 7) is 5.41. The van der Waals surface area contributed by atoms with E-state index in [1.165, 1.54) is 51.4 Å². The van der Waals surface area contributed by atoms with Gasteiger partial charge in [-0.05, 0) is 50.4 Å². The maximum atomic E-state index is 6.39. The van der Waals surface area contributed by atoms with Crippen LogP contribution in [0.2, 0.25) is 0 Å². The Bertz CT molecular complexity index is 225. The van der Waals surface area contributed by atoms with Gasteiger partial charge in [-0.25, -0.2) is 0 Å². The molecule has 2 nitrogen and oxygen atoms in total. The summed E-state index contributed by atoms with van der Waals surface area (Å²) < 4.78 is 6.39. The predicted octanol–water partition coefficient (Wildman–Crippen LogP) is 3.49. The molecule has 0 aromatic carbocycles. The molecule has 2 rings (SSSR count). The normalized spacial score (nSPS) is 35.6. The minimum Gasteiger partial charge on any atom is -0.370 e. The Balaban J connectivity index is 1.88. The van der Waals surface area contributed by atoms with Crippen LogP contribution in [-0.4, -0.2) is 18.2 Å². The van der Waals surface area contributed by atoms with Crippen LogP contribution < -0.4 is 5.73 Å². The number of hydrogen-bond donors (Lipinski definition) is 1. The van der Waals surface area contributed by atoms with E-state index in [0.29, 0.717) is 12.6 Å². The van der Waals surface area contributed by atoms with Crippen molar-refractivity contribution in [2.24, 2.45) is 17.6 Å². The highest BCUT2D eigenvalue weighted by Crippen LogP contribution is 2.39. The van der Waals surface area contributed by atoms with Crippen LogP contribution in [0.5, 0.6) is 0 Å². The summed E-state index contributed by atoms with van der Waals surface area (Å²) in [6.07, 6.45) is 10.7. The molecule has 0 saturated heterocycles. The molecule has 0 amide bonds. The Labute approximate surface area is 106 Å². The quantitative estimate of drug-likeness (QED) is 0.815. The average Bonchev–Trinajstić information content (AvgIpc) is 2.82. The van der Waals surface area contributed by atoms with E-state index >= 15 is 0 Å². The zero-order valence-electron chi connectivity index (χ0n) is 11.6. The van der Waals surface area contributed by atoms with E-state index in [2.05, 4.69) is 13.8 Å². The van der Waals surface area contributed by atoms with Crippen molar-refractivity contribution < 1.29 is 4.74 Å². The minimum atomic E-state index is 0.0282. The Morgan fingerprint density at radius 3 is 2.18 bits per heavy atom. The molecule has 17 heavy (non-hydrogen) atoms. The maximum Gasteiger partial charge on any atom is 0.0808 e. The Morgan fingerprint density at radius 2 is 1.71 bits per heavy atom. The predicted molar refractivity (Wildman–Crippen MR) is 71.9 cm³/mol. The van der Waals surface area contributed by atoms with E-state index in [0.717, 1.165) is 11.8 Å². The summed E-state index contributed by atoms with van der Waals surface area (Å²) in [5.74, 6) is 1.71. The molecule has 2 aliphatic carbocycles. The van der Waals surface area contributed by atoms with Crippen molar-refractivity contribution in [3.8, 4) is 0 Å². The first kappa shape index (κ1) is 13.4. The Hall–Kier alpha value is -0.0800. The van der Waals surface area contributed by atoms with Gasteiger partial charge in [-0.3, -0.25) is 0 Å². The Morgan fingerprint density at radius 1 is 1.12 bits per heavy atom. The molecule has 2 aliphatic rings. The fourth-order valence-corrected chi connectivity index (χ4v) is 3.56. The molecule has 0 aromatic rings. The lowest BCUT2D eigenvalue weighted by Gasteiger charge is -2.42. The zero-order valence-corrected chi connectivity index (χ0v) is 11.6. The minimum absolute atomic E-state index is 0.0282. The van der Waals surface area contributed by atoms with E-state index in [-0.39, 0.29) is 5.60 Å². The van der Waals surface area contributed by atoms with E-state index in [4.69, 9.17) is 10.5 Å². The molecule has 0 unspecified atom stereocenters. The van der Waals surface area contributed by atoms with Gasteiger partial charge in [0.25, 0.3) is 0 Å². The van der Waals surface area contributed by atoms with Crippen LogP contribution in [-0.2, 0) is 4.74 Å². The van der Waals surface area contributed by atoms with Gasteiger partial charge in [0.05, 0.1) is 11.7 Å². The second kappa shape index (κ2) is 5.71. The van der Waals surface area contributed by atoms with Crippen LogP contribution in [0, 0.1) is 11.8 Å². The highest BCUT2D eigenvalue weighted by atomic mass is 16.5. The molecule has 2 N–H and O–H groups in total. The van der Waals surface area contributed by atoms with Crippen molar-refractivity contribution in [1.29, 1.82) is 0 Å². The molecular formula is C15H29NO. The second-order valence-corrected chi connectivity index (χ2v) is 6.49. The van der Waals surface area contributed by atoms with Crippen LogP contribution in [0.3, 0.4) is 0 Å². The lowest BCUT2D eigenvalue weighted by Crippen LogP contribution is -2.46. The molecule has 2 saturated carbocycles. The molecule has 0 heterocycles. The van der Waals surface area contributed by atoms with Crippen molar-refractivity contribution in [3.63, 3.8) is 0 Å². The van der Waals surface area contributed by atoms with E-state index in [1.54, 1.807) is 0 Å². The third-order valence-electron chi connectivity index (χ3n) is 4.98. The van der Waals surface area contributed by atoms with Gasteiger partial charge in [0.15, 0.2) is 0 Å². The molecule has 2 fully saturated rings. The van der Waals surface area contributed by atoms with Gasteiger partial charge in [-0.2, -0.15) is 0 Å². The lowest BCUT2D eigenvalue weighted by atomic mass is 9.74. The van der Waals surface area contributed by atoms with Gasteiger partial charge < -0.3 is 10.5 Å². The van der Waals surface area contributed by atoms with Crippen molar-refractivity contribution in [3.05, 3.63) is 0 Å². The monoisotopic (exact) mass is 239 g/mol. The van der Waals surface area contributed by atoms with Crippen molar-refractivity contribution in [2.75, 3.05) is 6.54 Å². The molecule has 0 aliphatic heterocycles. The van der Waals surface area contributed by atoms with Crippen molar-refractivity contribution in [2.45, 2.75) is 76.9 Å².